The first-order valence-corrected chi connectivity index (χ1v) is 13.0. The molecule has 0 aromatic heterocycles. The molecule has 0 aliphatic heterocycles. The van der Waals surface area contributed by atoms with Crippen molar-refractivity contribution in [3.63, 3.8) is 0 Å². The highest BCUT2D eigenvalue weighted by molar-refractivity contribution is 7.78. The largest absolute Gasteiger partial charge is 0.465 e. The van der Waals surface area contributed by atoms with E-state index in [9.17, 15) is 19.2 Å². The highest BCUT2D eigenvalue weighted by Gasteiger charge is 2.39. The van der Waals surface area contributed by atoms with Gasteiger partial charge in [-0.05, 0) is 24.1 Å². The van der Waals surface area contributed by atoms with Crippen LogP contribution >= 0.6 is 7.92 Å². The predicted octanol–water partition coefficient (Wildman–Crippen LogP) is 3.52. The van der Waals surface area contributed by atoms with E-state index in [2.05, 4.69) is 0 Å². The van der Waals surface area contributed by atoms with Crippen LogP contribution in [0.2, 0.25) is 0 Å². The van der Waals surface area contributed by atoms with Crippen LogP contribution in [0, 0.1) is 0 Å². The zero-order valence-corrected chi connectivity index (χ0v) is 22.8. The number of esters is 4. The van der Waals surface area contributed by atoms with Gasteiger partial charge in [-0.15, -0.1) is 0 Å². The lowest BCUT2D eigenvalue weighted by molar-refractivity contribution is -0.140. The molecule has 0 atom stereocenters. The third-order valence-corrected chi connectivity index (χ3v) is 8.08. The summed E-state index contributed by atoms with van der Waals surface area (Å²) >= 11 is 0. The number of rotatable bonds is 9. The molecule has 3 rings (SSSR count). The fourth-order valence-corrected chi connectivity index (χ4v) is 6.34. The summed E-state index contributed by atoms with van der Waals surface area (Å²) in [7, 11) is 2.72. The Kier molecular flexibility index (Phi) is 10.3. The van der Waals surface area contributed by atoms with E-state index in [0.29, 0.717) is 10.6 Å². The normalized spacial score (nSPS) is 12.0. The van der Waals surface area contributed by atoms with E-state index < -0.39 is 42.9 Å². The fraction of sp³-hybridized carbons (Fsp3) is 0.133. The molecule has 0 saturated heterocycles. The molecule has 3 aromatic carbocycles. The molecule has 0 N–H and O–H groups in total. The van der Waals surface area contributed by atoms with Gasteiger partial charge in [0.2, 0.25) is 0 Å². The molecule has 8 nitrogen and oxygen atoms in total. The summed E-state index contributed by atoms with van der Waals surface area (Å²) < 4.78 is 20.3. The first-order chi connectivity index (χ1) is 18.9. The third-order valence-electron chi connectivity index (χ3n) is 5.60. The van der Waals surface area contributed by atoms with Crippen molar-refractivity contribution in [3.05, 3.63) is 113 Å². The molecule has 0 fully saturated rings. The Morgan fingerprint density at radius 3 is 1.28 bits per heavy atom. The Hall–Kier alpha value is -4.55. The molecule has 0 spiro atoms. The summed E-state index contributed by atoms with van der Waals surface area (Å²) in [5, 5.41) is 1.21. The van der Waals surface area contributed by atoms with Gasteiger partial charge in [-0.1, -0.05) is 91.0 Å². The van der Waals surface area contributed by atoms with Crippen LogP contribution in [-0.4, -0.2) is 52.3 Å². The number of hydrogen-bond acceptors (Lipinski definition) is 8. The van der Waals surface area contributed by atoms with Crippen molar-refractivity contribution in [2.45, 2.75) is 0 Å². The Bertz CT molecular complexity index is 1360. The second-order valence-corrected chi connectivity index (χ2v) is 9.96. The number of benzene rings is 3. The van der Waals surface area contributed by atoms with Gasteiger partial charge in [0.25, 0.3) is 0 Å². The standard InChI is InChI=1S/C30H27O8P/c1-35-27(31)23(20-14-8-5-9-15-20)24(28(32)36-2)25(29(33)37-3)26(30(34)38-4)39(21-16-10-6-11-17-21)22-18-12-7-13-19-22/h5-19H,1-4H3. The molecular weight excluding hydrogens is 519 g/mol. The van der Waals surface area contributed by atoms with Crippen molar-refractivity contribution >= 4 is 48.0 Å². The van der Waals surface area contributed by atoms with Crippen LogP contribution in [0.3, 0.4) is 0 Å². The first kappa shape index (κ1) is 29.0. The molecule has 9 heteroatoms. The maximum Gasteiger partial charge on any atom is 0.339 e. The van der Waals surface area contributed by atoms with Crippen LogP contribution in [0.15, 0.2) is 107 Å². The van der Waals surface area contributed by atoms with Gasteiger partial charge in [-0.3, -0.25) is 0 Å². The molecule has 0 bridgehead atoms. The lowest BCUT2D eigenvalue weighted by Crippen LogP contribution is -2.26. The van der Waals surface area contributed by atoms with Crippen molar-refractivity contribution in [1.29, 1.82) is 0 Å². The summed E-state index contributed by atoms with van der Waals surface area (Å²) in [5.41, 5.74) is -0.955. The average Bonchev–Trinajstić information content (AvgIpc) is 3.00. The minimum absolute atomic E-state index is 0.158. The SMILES string of the molecule is COC(=O)C(C(C(=O)OC)=C(C(=O)OC)P(c1ccccc1)c1ccccc1)=C(C(=O)OC)c1ccccc1. The summed E-state index contributed by atoms with van der Waals surface area (Å²) in [6.07, 6.45) is 0. The van der Waals surface area contributed by atoms with E-state index >= 15 is 0 Å². The Balaban J connectivity index is 2.63. The highest BCUT2D eigenvalue weighted by atomic mass is 31.1. The summed E-state index contributed by atoms with van der Waals surface area (Å²) in [4.78, 5) is 53.8. The molecule has 0 saturated carbocycles. The smallest absolute Gasteiger partial charge is 0.339 e. The fourth-order valence-electron chi connectivity index (χ4n) is 3.88. The lowest BCUT2D eigenvalue weighted by atomic mass is 9.93. The van der Waals surface area contributed by atoms with Gasteiger partial charge in [-0.2, -0.15) is 0 Å². The van der Waals surface area contributed by atoms with Crippen LogP contribution in [0.5, 0.6) is 0 Å². The maximum absolute atomic E-state index is 13.6. The molecule has 39 heavy (non-hydrogen) atoms. The molecule has 200 valence electrons. The molecule has 0 aliphatic carbocycles. The number of methoxy groups -OCH3 is 4. The minimum atomic E-state index is -1.81. The summed E-state index contributed by atoms with van der Waals surface area (Å²) in [5.74, 6) is -3.88. The van der Waals surface area contributed by atoms with Gasteiger partial charge in [-0.25, -0.2) is 19.2 Å². The van der Waals surface area contributed by atoms with Gasteiger partial charge >= 0.3 is 23.9 Å². The molecule has 0 unspecified atom stereocenters. The van der Waals surface area contributed by atoms with Crippen molar-refractivity contribution in [2.24, 2.45) is 0 Å². The van der Waals surface area contributed by atoms with Crippen molar-refractivity contribution in [1.82, 2.24) is 0 Å². The van der Waals surface area contributed by atoms with Gasteiger partial charge in [0.1, 0.15) is 0 Å². The number of ether oxygens (including phenoxy) is 4. The van der Waals surface area contributed by atoms with Crippen LogP contribution < -0.4 is 10.6 Å². The van der Waals surface area contributed by atoms with Crippen molar-refractivity contribution < 1.29 is 38.1 Å². The molecule has 3 aromatic rings. The predicted molar refractivity (Wildman–Crippen MR) is 148 cm³/mol. The van der Waals surface area contributed by atoms with Gasteiger partial charge in [0, 0.05) is 0 Å². The van der Waals surface area contributed by atoms with Crippen LogP contribution in [0.1, 0.15) is 5.56 Å². The quantitative estimate of drug-likeness (QED) is 0.132. The lowest BCUT2D eigenvalue weighted by Gasteiger charge is -2.24. The summed E-state index contributed by atoms with van der Waals surface area (Å²) in [6, 6.07) is 26.2. The maximum atomic E-state index is 13.6. The van der Waals surface area contributed by atoms with E-state index in [4.69, 9.17) is 18.9 Å². The van der Waals surface area contributed by atoms with E-state index in [1.165, 1.54) is 7.11 Å². The van der Waals surface area contributed by atoms with Gasteiger partial charge < -0.3 is 18.9 Å². The number of carbonyl (C=O) groups excluding carboxylic acids is 4. The zero-order valence-electron chi connectivity index (χ0n) is 21.9. The number of carbonyl (C=O) groups is 4. The molecule has 0 radical (unpaired) electrons. The summed E-state index contributed by atoms with van der Waals surface area (Å²) in [6.45, 7) is 0. The van der Waals surface area contributed by atoms with E-state index in [1.54, 1.807) is 78.9 Å². The minimum Gasteiger partial charge on any atom is -0.465 e. The average molecular weight is 547 g/mol. The molecular formula is C30H27O8P. The van der Waals surface area contributed by atoms with Crippen molar-refractivity contribution in [2.75, 3.05) is 28.4 Å². The Labute approximate surface area is 227 Å². The van der Waals surface area contributed by atoms with Gasteiger partial charge in [0.15, 0.2) is 0 Å². The van der Waals surface area contributed by atoms with Crippen molar-refractivity contribution in [3.8, 4) is 0 Å². The van der Waals surface area contributed by atoms with Crippen LogP contribution in [0.4, 0.5) is 0 Å². The second kappa shape index (κ2) is 13.8. The zero-order chi connectivity index (χ0) is 28.4. The topological polar surface area (TPSA) is 105 Å². The molecule has 0 aliphatic rings. The van der Waals surface area contributed by atoms with Crippen LogP contribution in [-0.2, 0) is 38.1 Å². The Morgan fingerprint density at radius 2 is 0.872 bits per heavy atom. The van der Waals surface area contributed by atoms with Gasteiger partial charge in [0.05, 0.1) is 50.5 Å². The van der Waals surface area contributed by atoms with E-state index in [0.717, 1.165) is 21.3 Å². The first-order valence-electron chi connectivity index (χ1n) is 11.7. The molecule has 0 heterocycles. The van der Waals surface area contributed by atoms with E-state index in [1.807, 2.05) is 12.1 Å². The van der Waals surface area contributed by atoms with E-state index in [-0.39, 0.29) is 16.5 Å². The third kappa shape index (κ3) is 6.48. The second-order valence-electron chi connectivity index (χ2n) is 7.81. The molecule has 0 amide bonds. The Morgan fingerprint density at radius 1 is 0.487 bits per heavy atom. The number of hydrogen-bond donors (Lipinski definition) is 0. The van der Waals surface area contributed by atoms with Crippen LogP contribution in [0.25, 0.3) is 5.57 Å². The monoisotopic (exact) mass is 546 g/mol. The highest BCUT2D eigenvalue weighted by Crippen LogP contribution is 2.47.